The number of rotatable bonds is 4. The molecule has 0 saturated carbocycles. The number of aromatic nitrogens is 3. The number of carbonyl (C=O) groups is 2. The Kier molecular flexibility index (Phi) is 5.96. The molecule has 36 heavy (non-hydrogen) atoms. The highest BCUT2D eigenvalue weighted by Crippen LogP contribution is 2.34. The normalized spacial score (nSPS) is 18.8. The molecule has 0 unspecified atom stereocenters. The first kappa shape index (κ1) is 23.5. The number of nitrogens with two attached hydrogens (primary N) is 1. The highest BCUT2D eigenvalue weighted by Gasteiger charge is 2.37. The van der Waals surface area contributed by atoms with Crippen molar-refractivity contribution in [1.82, 2.24) is 19.7 Å². The standard InChI is InChI=1S/C26H26N6O4/c1-30-15-26(35,16-30)11-10-18-8-9-21-19(12-18)31(2)25(34)20(14-36-21)32-22(28-24(29-32)23(27)33)13-17-6-4-3-5-7-17/h3-9,12,20,35H,13-16H2,1-2H3,(H2,27,33)/t20-/m0/s1. The summed E-state index contributed by atoms with van der Waals surface area (Å²) < 4.78 is 7.44. The Hall–Kier alpha value is -4.20. The summed E-state index contributed by atoms with van der Waals surface area (Å²) in [7, 11) is 3.57. The Morgan fingerprint density at radius 3 is 2.67 bits per heavy atom. The van der Waals surface area contributed by atoms with E-state index in [0.29, 0.717) is 42.3 Å². The van der Waals surface area contributed by atoms with Crippen LogP contribution in [-0.2, 0) is 11.2 Å². The molecule has 2 aliphatic rings. The number of hydrogen-bond donors (Lipinski definition) is 2. The number of fused-ring (bicyclic) bond motifs is 1. The minimum Gasteiger partial charge on any atom is -0.489 e. The molecule has 3 aromatic rings. The van der Waals surface area contributed by atoms with Crippen LogP contribution in [0.2, 0.25) is 0 Å². The number of β-amino-alcohol motifs (C(OH)–C–C–N with tert-alkyl or cyclic N) is 1. The van der Waals surface area contributed by atoms with Crippen LogP contribution >= 0.6 is 0 Å². The number of anilines is 1. The van der Waals surface area contributed by atoms with E-state index in [1.54, 1.807) is 25.2 Å². The minimum atomic E-state index is -1.02. The van der Waals surface area contributed by atoms with Crippen molar-refractivity contribution in [3.63, 3.8) is 0 Å². The lowest BCUT2D eigenvalue weighted by molar-refractivity contribution is -0.122. The van der Waals surface area contributed by atoms with Crippen LogP contribution in [0.4, 0.5) is 5.69 Å². The molecule has 2 amide bonds. The van der Waals surface area contributed by atoms with E-state index in [1.807, 2.05) is 42.3 Å². The van der Waals surface area contributed by atoms with Gasteiger partial charge >= 0.3 is 0 Å². The monoisotopic (exact) mass is 486 g/mol. The van der Waals surface area contributed by atoms with Crippen LogP contribution in [0.3, 0.4) is 0 Å². The molecule has 0 spiro atoms. The number of likely N-dealkylation sites (tertiary alicyclic amines) is 1. The zero-order valence-corrected chi connectivity index (χ0v) is 20.0. The fourth-order valence-electron chi connectivity index (χ4n) is 4.46. The summed E-state index contributed by atoms with van der Waals surface area (Å²) in [6.45, 7) is 0.978. The maximum atomic E-state index is 13.6. The van der Waals surface area contributed by atoms with Crippen LogP contribution in [0.15, 0.2) is 48.5 Å². The first-order valence-electron chi connectivity index (χ1n) is 11.5. The van der Waals surface area contributed by atoms with Gasteiger partial charge < -0.3 is 20.5 Å². The van der Waals surface area contributed by atoms with Crippen LogP contribution in [-0.4, -0.2) is 76.0 Å². The summed E-state index contributed by atoms with van der Waals surface area (Å²) in [4.78, 5) is 33.2. The molecule has 1 fully saturated rings. The molecule has 0 radical (unpaired) electrons. The predicted octanol–water partition coefficient (Wildman–Crippen LogP) is 0.592. The zero-order chi connectivity index (χ0) is 25.4. The summed E-state index contributed by atoms with van der Waals surface area (Å²) in [5, 5.41) is 14.7. The van der Waals surface area contributed by atoms with E-state index in [-0.39, 0.29) is 18.3 Å². The molecule has 10 heteroatoms. The van der Waals surface area contributed by atoms with Gasteiger partial charge in [0.2, 0.25) is 5.82 Å². The Balaban J connectivity index is 1.44. The van der Waals surface area contributed by atoms with Crippen molar-refractivity contribution < 1.29 is 19.4 Å². The molecule has 1 saturated heterocycles. The topological polar surface area (TPSA) is 127 Å². The number of likely N-dealkylation sites (N-methyl/N-ethyl adjacent to an activating group) is 2. The SMILES string of the molecule is CN1CC(O)(C#Cc2ccc3c(c2)N(C)C(=O)[C@@H](n2nc(C(N)=O)nc2Cc2ccccc2)CO3)C1. The third-order valence-corrected chi connectivity index (χ3v) is 6.26. The van der Waals surface area contributed by atoms with Crippen LogP contribution in [0.5, 0.6) is 5.75 Å². The van der Waals surface area contributed by atoms with Gasteiger partial charge in [0, 0.05) is 32.1 Å². The van der Waals surface area contributed by atoms with Crippen LogP contribution in [0.1, 0.15) is 33.6 Å². The van der Waals surface area contributed by atoms with Crippen molar-refractivity contribution in [3.8, 4) is 17.6 Å². The van der Waals surface area contributed by atoms with E-state index in [2.05, 4.69) is 21.9 Å². The Bertz CT molecular complexity index is 1380. The van der Waals surface area contributed by atoms with Gasteiger partial charge in [-0.1, -0.05) is 42.2 Å². The number of ether oxygens (including phenoxy) is 1. The predicted molar refractivity (Wildman–Crippen MR) is 131 cm³/mol. The fourth-order valence-corrected chi connectivity index (χ4v) is 4.46. The second-order valence-electron chi connectivity index (χ2n) is 9.18. The molecule has 184 valence electrons. The lowest BCUT2D eigenvalue weighted by Gasteiger charge is -2.40. The number of benzene rings is 2. The number of carbonyl (C=O) groups excluding carboxylic acids is 2. The number of hydrogen-bond acceptors (Lipinski definition) is 7. The quantitative estimate of drug-likeness (QED) is 0.517. The Morgan fingerprint density at radius 1 is 1.22 bits per heavy atom. The van der Waals surface area contributed by atoms with E-state index in [0.717, 1.165) is 5.56 Å². The molecule has 2 aromatic carbocycles. The molecule has 5 rings (SSSR count). The minimum absolute atomic E-state index is 0.00334. The van der Waals surface area contributed by atoms with E-state index in [9.17, 15) is 14.7 Å². The third-order valence-electron chi connectivity index (χ3n) is 6.26. The molecule has 2 aliphatic heterocycles. The fraction of sp³-hybridized carbons (Fsp3) is 0.308. The van der Waals surface area contributed by atoms with Crippen molar-refractivity contribution in [2.45, 2.75) is 18.1 Å². The molecule has 3 heterocycles. The van der Waals surface area contributed by atoms with E-state index < -0.39 is 17.6 Å². The molecule has 1 atom stereocenters. The lowest BCUT2D eigenvalue weighted by atomic mass is 9.95. The van der Waals surface area contributed by atoms with E-state index >= 15 is 0 Å². The van der Waals surface area contributed by atoms with Gasteiger partial charge in [-0.3, -0.25) is 14.5 Å². The van der Waals surface area contributed by atoms with Crippen molar-refractivity contribution in [3.05, 3.63) is 71.3 Å². The molecule has 10 nitrogen and oxygen atoms in total. The maximum Gasteiger partial charge on any atom is 0.288 e. The molecule has 0 aliphatic carbocycles. The van der Waals surface area contributed by atoms with Crippen molar-refractivity contribution in [2.75, 3.05) is 38.7 Å². The van der Waals surface area contributed by atoms with Crippen molar-refractivity contribution >= 4 is 17.5 Å². The molecular weight excluding hydrogens is 460 g/mol. The van der Waals surface area contributed by atoms with Gasteiger partial charge in [0.25, 0.3) is 11.8 Å². The molecule has 1 aromatic heterocycles. The average Bonchev–Trinajstić information content (AvgIpc) is 3.21. The number of amides is 2. The van der Waals surface area contributed by atoms with Crippen molar-refractivity contribution in [1.29, 1.82) is 0 Å². The second kappa shape index (κ2) is 9.11. The molecule has 0 bridgehead atoms. The van der Waals surface area contributed by atoms with Gasteiger partial charge in [-0.2, -0.15) is 0 Å². The summed E-state index contributed by atoms with van der Waals surface area (Å²) in [5.74, 6) is 5.66. The highest BCUT2D eigenvalue weighted by molar-refractivity contribution is 5.98. The van der Waals surface area contributed by atoms with Crippen LogP contribution < -0.4 is 15.4 Å². The number of primary amides is 1. The van der Waals surface area contributed by atoms with Gasteiger partial charge in [-0.05, 0) is 30.8 Å². The van der Waals surface area contributed by atoms with Crippen LogP contribution in [0, 0.1) is 11.8 Å². The highest BCUT2D eigenvalue weighted by atomic mass is 16.5. The summed E-state index contributed by atoms with van der Waals surface area (Å²) in [5.41, 5.74) is 6.57. The number of nitrogens with zero attached hydrogens (tertiary/aromatic N) is 5. The van der Waals surface area contributed by atoms with Crippen molar-refractivity contribution in [2.24, 2.45) is 5.73 Å². The number of aliphatic hydroxyl groups is 1. The molecular formula is C26H26N6O4. The summed E-state index contributed by atoms with van der Waals surface area (Å²) in [6, 6.07) is 14.0. The van der Waals surface area contributed by atoms with Crippen LogP contribution in [0.25, 0.3) is 0 Å². The Labute approximate surface area is 208 Å². The molecule has 3 N–H and O–H groups in total. The van der Waals surface area contributed by atoms with Gasteiger partial charge in [0.15, 0.2) is 11.6 Å². The third kappa shape index (κ3) is 4.54. The second-order valence-corrected chi connectivity index (χ2v) is 9.18. The Morgan fingerprint density at radius 2 is 1.97 bits per heavy atom. The van der Waals surface area contributed by atoms with Gasteiger partial charge in [-0.15, -0.1) is 5.10 Å². The van der Waals surface area contributed by atoms with E-state index in [1.165, 1.54) is 9.58 Å². The summed E-state index contributed by atoms with van der Waals surface area (Å²) in [6.07, 6.45) is 0.361. The van der Waals surface area contributed by atoms with E-state index in [4.69, 9.17) is 10.5 Å². The smallest absolute Gasteiger partial charge is 0.288 e. The first-order valence-corrected chi connectivity index (χ1v) is 11.5. The average molecular weight is 487 g/mol. The lowest BCUT2D eigenvalue weighted by Crippen LogP contribution is -2.59. The maximum absolute atomic E-state index is 13.6. The van der Waals surface area contributed by atoms with Gasteiger partial charge in [-0.25, -0.2) is 9.67 Å². The first-order chi connectivity index (χ1) is 17.2. The summed E-state index contributed by atoms with van der Waals surface area (Å²) >= 11 is 0. The zero-order valence-electron chi connectivity index (χ0n) is 20.0. The van der Waals surface area contributed by atoms with Gasteiger partial charge in [0.05, 0.1) is 5.69 Å². The van der Waals surface area contributed by atoms with Gasteiger partial charge in [0.1, 0.15) is 18.2 Å². The largest absolute Gasteiger partial charge is 0.489 e.